The topological polar surface area (TPSA) is 115 Å². The standard InChI is InChI=1S/C28H32N4O6/c1-19-25(27(33)38-18-22-13-14-22)26(23-11-7-8-12-24(23)32(35)36)31(20(2)29-19)28(34)37-16-15-30(3)17-21-9-5-4-6-10-21/h4-12,22,26H,13-18H2,1-3H3. The molecule has 1 amide bonds. The van der Waals surface area contributed by atoms with Gasteiger partial charge in [0.25, 0.3) is 5.69 Å². The summed E-state index contributed by atoms with van der Waals surface area (Å²) in [5, 5.41) is 11.9. The second-order valence-corrected chi connectivity index (χ2v) is 9.63. The molecular weight excluding hydrogens is 488 g/mol. The zero-order chi connectivity index (χ0) is 27.2. The summed E-state index contributed by atoms with van der Waals surface area (Å²) in [5.41, 5.74) is 1.53. The third-order valence-corrected chi connectivity index (χ3v) is 6.59. The van der Waals surface area contributed by atoms with Gasteiger partial charge in [-0.05, 0) is 51.3 Å². The third kappa shape index (κ3) is 6.44. The first kappa shape index (κ1) is 27.0. The molecule has 0 saturated heterocycles. The number of esters is 1. The number of amidine groups is 1. The van der Waals surface area contributed by atoms with Crippen LogP contribution in [0.25, 0.3) is 0 Å². The Labute approximate surface area is 221 Å². The lowest BCUT2D eigenvalue weighted by Crippen LogP contribution is -2.44. The number of benzene rings is 2. The Morgan fingerprint density at radius 3 is 2.45 bits per heavy atom. The highest BCUT2D eigenvalue weighted by molar-refractivity contribution is 6.01. The molecule has 0 bridgehead atoms. The Balaban J connectivity index is 1.57. The van der Waals surface area contributed by atoms with E-state index in [4.69, 9.17) is 9.47 Å². The van der Waals surface area contributed by atoms with Crippen LogP contribution in [0, 0.1) is 16.0 Å². The molecule has 1 aliphatic heterocycles. The lowest BCUT2D eigenvalue weighted by Gasteiger charge is -2.35. The lowest BCUT2D eigenvalue weighted by molar-refractivity contribution is -0.385. The summed E-state index contributed by atoms with van der Waals surface area (Å²) in [5.74, 6) is -0.0478. The fourth-order valence-electron chi connectivity index (χ4n) is 4.44. The Hall–Kier alpha value is -4.05. The molecule has 0 radical (unpaired) electrons. The van der Waals surface area contributed by atoms with E-state index in [1.807, 2.05) is 42.3 Å². The van der Waals surface area contributed by atoms with E-state index < -0.39 is 23.0 Å². The zero-order valence-electron chi connectivity index (χ0n) is 21.8. The molecule has 1 aliphatic carbocycles. The summed E-state index contributed by atoms with van der Waals surface area (Å²) in [6.07, 6.45) is 1.24. The van der Waals surface area contributed by atoms with E-state index in [0.29, 0.717) is 24.7 Å². The summed E-state index contributed by atoms with van der Waals surface area (Å²) in [6, 6.07) is 14.9. The van der Waals surface area contributed by atoms with Crippen molar-refractivity contribution in [3.63, 3.8) is 0 Å². The smallest absolute Gasteiger partial charge is 0.416 e. The molecule has 2 aromatic carbocycles. The second kappa shape index (κ2) is 12.0. The predicted molar refractivity (Wildman–Crippen MR) is 141 cm³/mol. The SMILES string of the molecule is CC1=NC(C)=C(C(=O)OCC2CC2)C(c2ccccc2[N+](=O)[O-])N1C(=O)OCCN(C)Cc1ccccc1. The maximum Gasteiger partial charge on any atom is 0.416 e. The minimum Gasteiger partial charge on any atom is -0.462 e. The van der Waals surface area contributed by atoms with Crippen molar-refractivity contribution in [2.24, 2.45) is 10.9 Å². The van der Waals surface area contributed by atoms with Gasteiger partial charge in [-0.25, -0.2) is 14.6 Å². The van der Waals surface area contributed by atoms with Gasteiger partial charge in [0.2, 0.25) is 0 Å². The molecule has 0 N–H and O–H groups in total. The monoisotopic (exact) mass is 520 g/mol. The van der Waals surface area contributed by atoms with Gasteiger partial charge in [0.1, 0.15) is 18.5 Å². The van der Waals surface area contributed by atoms with Crippen LogP contribution in [0.15, 0.2) is 70.9 Å². The van der Waals surface area contributed by atoms with Crippen molar-refractivity contribution in [3.8, 4) is 0 Å². The summed E-state index contributed by atoms with van der Waals surface area (Å²) >= 11 is 0. The van der Waals surface area contributed by atoms with Crippen LogP contribution in [0.1, 0.15) is 43.9 Å². The Bertz CT molecular complexity index is 1250. The van der Waals surface area contributed by atoms with Gasteiger partial charge >= 0.3 is 12.1 Å². The van der Waals surface area contributed by atoms with Gasteiger partial charge in [-0.3, -0.25) is 19.9 Å². The minimum atomic E-state index is -1.12. The fourth-order valence-corrected chi connectivity index (χ4v) is 4.44. The van der Waals surface area contributed by atoms with Gasteiger partial charge in [0.15, 0.2) is 0 Å². The molecule has 200 valence electrons. The first-order valence-corrected chi connectivity index (χ1v) is 12.6. The van der Waals surface area contributed by atoms with Crippen LogP contribution in [0.4, 0.5) is 10.5 Å². The van der Waals surface area contributed by atoms with E-state index in [9.17, 15) is 19.7 Å². The van der Waals surface area contributed by atoms with Crippen molar-refractivity contribution in [2.45, 2.75) is 39.3 Å². The van der Waals surface area contributed by atoms with Gasteiger partial charge in [-0.1, -0.05) is 42.5 Å². The molecule has 1 unspecified atom stereocenters. The predicted octanol–water partition coefficient (Wildman–Crippen LogP) is 4.87. The first-order valence-electron chi connectivity index (χ1n) is 12.6. The van der Waals surface area contributed by atoms with E-state index in [1.165, 1.54) is 23.1 Å². The van der Waals surface area contributed by atoms with Crippen LogP contribution in [0.5, 0.6) is 0 Å². The van der Waals surface area contributed by atoms with E-state index in [2.05, 4.69) is 4.99 Å². The maximum atomic E-state index is 13.4. The number of nitro benzene ring substituents is 1. The molecule has 1 heterocycles. The highest BCUT2D eigenvalue weighted by Gasteiger charge is 2.42. The number of hydrogen-bond acceptors (Lipinski definition) is 8. The minimum absolute atomic E-state index is 0.0830. The second-order valence-electron chi connectivity index (χ2n) is 9.63. The van der Waals surface area contributed by atoms with Crippen LogP contribution >= 0.6 is 0 Å². The lowest BCUT2D eigenvalue weighted by atomic mass is 9.93. The molecule has 0 aromatic heterocycles. The molecule has 1 fully saturated rings. The fraction of sp³-hybridized carbons (Fsp3) is 0.393. The number of carbonyl (C=O) groups is 2. The van der Waals surface area contributed by atoms with Crippen molar-refractivity contribution >= 4 is 23.6 Å². The van der Waals surface area contributed by atoms with Gasteiger partial charge in [0, 0.05) is 19.2 Å². The molecule has 2 aromatic rings. The van der Waals surface area contributed by atoms with Crippen LogP contribution in [-0.2, 0) is 20.8 Å². The number of likely N-dealkylation sites (N-methyl/N-ethyl adjacent to an activating group) is 1. The van der Waals surface area contributed by atoms with Gasteiger partial charge < -0.3 is 9.47 Å². The molecule has 2 aliphatic rings. The number of allylic oxidation sites excluding steroid dienone is 1. The van der Waals surface area contributed by atoms with E-state index >= 15 is 0 Å². The average Bonchev–Trinajstić information content (AvgIpc) is 3.72. The average molecular weight is 521 g/mol. The number of aliphatic imine (C=N–C) groups is 1. The molecule has 1 saturated carbocycles. The number of nitrogens with zero attached hydrogens (tertiary/aromatic N) is 4. The van der Waals surface area contributed by atoms with E-state index in [1.54, 1.807) is 19.9 Å². The molecular formula is C28H32N4O6. The Morgan fingerprint density at radius 1 is 1.08 bits per heavy atom. The number of hydrogen-bond donors (Lipinski definition) is 0. The molecule has 4 rings (SSSR count). The highest BCUT2D eigenvalue weighted by Crippen LogP contribution is 2.40. The van der Waals surface area contributed by atoms with Crippen molar-refractivity contribution in [1.29, 1.82) is 0 Å². The van der Waals surface area contributed by atoms with Crippen LogP contribution in [0.2, 0.25) is 0 Å². The number of ether oxygens (including phenoxy) is 2. The number of rotatable bonds is 10. The zero-order valence-corrected chi connectivity index (χ0v) is 21.8. The number of para-hydroxylation sites is 1. The normalized spacial score (nSPS) is 17.3. The third-order valence-electron chi connectivity index (χ3n) is 6.59. The van der Waals surface area contributed by atoms with E-state index in [-0.39, 0.29) is 35.9 Å². The van der Waals surface area contributed by atoms with Gasteiger partial charge in [-0.2, -0.15) is 0 Å². The molecule has 10 nitrogen and oxygen atoms in total. The number of carbonyl (C=O) groups excluding carboxylic acids is 2. The molecule has 10 heteroatoms. The quantitative estimate of drug-likeness (QED) is 0.249. The largest absolute Gasteiger partial charge is 0.462 e. The maximum absolute atomic E-state index is 13.4. The van der Waals surface area contributed by atoms with Crippen molar-refractivity contribution in [3.05, 3.63) is 87.1 Å². The molecule has 38 heavy (non-hydrogen) atoms. The Morgan fingerprint density at radius 2 is 1.76 bits per heavy atom. The van der Waals surface area contributed by atoms with Crippen molar-refractivity contribution < 1.29 is 24.0 Å². The van der Waals surface area contributed by atoms with Gasteiger partial charge in [-0.15, -0.1) is 0 Å². The van der Waals surface area contributed by atoms with Crippen LogP contribution in [-0.4, -0.2) is 59.4 Å². The van der Waals surface area contributed by atoms with E-state index in [0.717, 1.165) is 18.4 Å². The number of nitro groups is 1. The number of amides is 1. The molecule has 0 spiro atoms. The Kier molecular flexibility index (Phi) is 8.52. The summed E-state index contributed by atoms with van der Waals surface area (Å²) in [6.45, 7) is 4.74. The summed E-state index contributed by atoms with van der Waals surface area (Å²) in [4.78, 5) is 45.7. The van der Waals surface area contributed by atoms with Crippen molar-refractivity contribution in [2.75, 3.05) is 26.8 Å². The van der Waals surface area contributed by atoms with Crippen molar-refractivity contribution in [1.82, 2.24) is 9.80 Å². The van der Waals surface area contributed by atoms with Crippen LogP contribution in [0.3, 0.4) is 0 Å². The van der Waals surface area contributed by atoms with Crippen LogP contribution < -0.4 is 0 Å². The van der Waals surface area contributed by atoms with Gasteiger partial charge in [0.05, 0.1) is 28.4 Å². The molecule has 1 atom stereocenters. The summed E-state index contributed by atoms with van der Waals surface area (Å²) in [7, 11) is 1.92. The highest BCUT2D eigenvalue weighted by atomic mass is 16.6. The first-order chi connectivity index (χ1) is 18.3. The summed E-state index contributed by atoms with van der Waals surface area (Å²) < 4.78 is 11.1.